The average molecular weight is 432 g/mol. The summed E-state index contributed by atoms with van der Waals surface area (Å²) in [6.45, 7) is 3.59. The lowest BCUT2D eigenvalue weighted by atomic mass is 9.67. The number of hydrogen-bond acceptors (Lipinski definition) is 7. The molecule has 1 N–H and O–H groups in total. The fraction of sp³-hybridized carbons (Fsp3) is 0.455. The molecule has 1 aliphatic heterocycles. The normalized spacial score (nSPS) is 19.3. The van der Waals surface area contributed by atoms with Crippen LogP contribution in [0.15, 0.2) is 39.7 Å². The number of oxime groups is 1. The Balaban J connectivity index is 1.72. The van der Waals surface area contributed by atoms with Crippen LogP contribution in [0.1, 0.15) is 52.5 Å². The van der Waals surface area contributed by atoms with Gasteiger partial charge >= 0.3 is 5.97 Å². The van der Waals surface area contributed by atoms with Crippen LogP contribution in [0.2, 0.25) is 0 Å². The molecule has 0 atom stereocenters. The SMILES string of the molecule is CCOC(=O)c1sc(SCc2ccccc2)c2c1CC1(CCOCC1)CC2=NO. The van der Waals surface area contributed by atoms with Crippen LogP contribution in [0.3, 0.4) is 0 Å². The Morgan fingerprint density at radius 3 is 2.72 bits per heavy atom. The summed E-state index contributed by atoms with van der Waals surface area (Å²) in [5.74, 6) is 0.523. The van der Waals surface area contributed by atoms with E-state index in [0.717, 1.165) is 46.8 Å². The molecule has 0 saturated carbocycles. The van der Waals surface area contributed by atoms with E-state index in [4.69, 9.17) is 9.47 Å². The van der Waals surface area contributed by atoms with Crippen molar-refractivity contribution in [2.75, 3.05) is 19.8 Å². The van der Waals surface area contributed by atoms with Crippen molar-refractivity contribution in [2.24, 2.45) is 10.6 Å². The Morgan fingerprint density at radius 2 is 2.03 bits per heavy atom. The van der Waals surface area contributed by atoms with Crippen molar-refractivity contribution in [2.45, 2.75) is 42.6 Å². The number of benzene rings is 1. The van der Waals surface area contributed by atoms with Gasteiger partial charge in [-0.2, -0.15) is 0 Å². The van der Waals surface area contributed by atoms with Gasteiger partial charge in [0.15, 0.2) is 0 Å². The minimum absolute atomic E-state index is 0.00347. The first-order valence-electron chi connectivity index (χ1n) is 9.94. The second-order valence-electron chi connectivity index (χ2n) is 7.58. The third kappa shape index (κ3) is 4.22. The van der Waals surface area contributed by atoms with Crippen molar-refractivity contribution in [3.8, 4) is 0 Å². The molecule has 1 aromatic heterocycles. The number of rotatable bonds is 5. The molecular formula is C22H25NO4S2. The van der Waals surface area contributed by atoms with Gasteiger partial charge in [0.05, 0.1) is 16.5 Å². The lowest BCUT2D eigenvalue weighted by Crippen LogP contribution is -2.38. The van der Waals surface area contributed by atoms with Gasteiger partial charge in [-0.05, 0) is 49.1 Å². The van der Waals surface area contributed by atoms with Crippen molar-refractivity contribution in [3.63, 3.8) is 0 Å². The molecule has 0 unspecified atom stereocenters. The van der Waals surface area contributed by atoms with E-state index in [1.54, 1.807) is 11.8 Å². The lowest BCUT2D eigenvalue weighted by molar-refractivity contribution is 0.0166. The van der Waals surface area contributed by atoms with Crippen LogP contribution in [0.5, 0.6) is 0 Å². The highest BCUT2D eigenvalue weighted by atomic mass is 32.2. The molecular weight excluding hydrogens is 406 g/mol. The number of ether oxygens (including phenoxy) is 2. The number of thioether (sulfide) groups is 1. The predicted octanol–water partition coefficient (Wildman–Crippen LogP) is 5.14. The van der Waals surface area contributed by atoms with Crippen LogP contribution in [0.4, 0.5) is 0 Å². The van der Waals surface area contributed by atoms with Crippen LogP contribution >= 0.6 is 23.1 Å². The van der Waals surface area contributed by atoms with E-state index in [1.807, 2.05) is 25.1 Å². The summed E-state index contributed by atoms with van der Waals surface area (Å²) in [6, 6.07) is 10.2. The molecule has 1 aromatic carbocycles. The molecule has 1 saturated heterocycles. The average Bonchev–Trinajstić information content (AvgIpc) is 3.11. The van der Waals surface area contributed by atoms with Gasteiger partial charge in [0.2, 0.25) is 0 Å². The minimum atomic E-state index is -0.276. The maximum Gasteiger partial charge on any atom is 0.348 e. The summed E-state index contributed by atoms with van der Waals surface area (Å²) in [5.41, 5.74) is 3.84. The van der Waals surface area contributed by atoms with E-state index in [0.29, 0.717) is 30.4 Å². The van der Waals surface area contributed by atoms with E-state index >= 15 is 0 Å². The summed E-state index contributed by atoms with van der Waals surface area (Å²) in [5, 5.41) is 13.5. The molecule has 2 aromatic rings. The van der Waals surface area contributed by atoms with Crippen molar-refractivity contribution in [1.29, 1.82) is 0 Å². The molecule has 5 nitrogen and oxygen atoms in total. The monoisotopic (exact) mass is 431 g/mol. The standard InChI is InChI=1S/C22H25NO4S2/c1-2-27-20(24)19-16-12-22(8-10-26-11-9-22)13-17(23-25)18(16)21(29-19)28-14-15-6-4-3-5-7-15/h3-7,25H,2,8-14H2,1H3. The van der Waals surface area contributed by atoms with Crippen LogP contribution in [0.25, 0.3) is 0 Å². The van der Waals surface area contributed by atoms with E-state index in [-0.39, 0.29) is 11.4 Å². The van der Waals surface area contributed by atoms with Crippen molar-refractivity contribution < 1.29 is 19.5 Å². The summed E-state index contributed by atoms with van der Waals surface area (Å²) < 4.78 is 11.9. The molecule has 2 aliphatic rings. The van der Waals surface area contributed by atoms with Crippen LogP contribution < -0.4 is 0 Å². The molecule has 1 fully saturated rings. The second kappa shape index (κ2) is 8.90. The molecule has 7 heteroatoms. The Hall–Kier alpha value is -1.83. The largest absolute Gasteiger partial charge is 0.462 e. The predicted molar refractivity (Wildman–Crippen MR) is 115 cm³/mol. The summed E-state index contributed by atoms with van der Waals surface area (Å²) >= 11 is 3.17. The first-order chi connectivity index (χ1) is 14.2. The first-order valence-corrected chi connectivity index (χ1v) is 11.7. The van der Waals surface area contributed by atoms with E-state index in [2.05, 4.69) is 17.3 Å². The first kappa shape index (κ1) is 20.4. The second-order valence-corrected chi connectivity index (χ2v) is 9.84. The third-order valence-corrected chi connectivity index (χ3v) is 8.26. The maximum atomic E-state index is 12.7. The zero-order valence-electron chi connectivity index (χ0n) is 16.5. The Labute approximate surface area is 179 Å². The molecule has 0 bridgehead atoms. The Bertz CT molecular complexity index is 901. The molecule has 0 radical (unpaired) electrons. The van der Waals surface area contributed by atoms with Gasteiger partial charge in [-0.3, -0.25) is 0 Å². The van der Waals surface area contributed by atoms with Crippen molar-refractivity contribution in [1.82, 2.24) is 0 Å². The molecule has 4 rings (SSSR count). The Kier molecular flexibility index (Phi) is 6.27. The Morgan fingerprint density at radius 1 is 1.28 bits per heavy atom. The smallest absolute Gasteiger partial charge is 0.348 e. The molecule has 1 aliphatic carbocycles. The summed E-state index contributed by atoms with van der Waals surface area (Å²) in [7, 11) is 0. The number of nitrogens with zero attached hydrogens (tertiary/aromatic N) is 1. The topological polar surface area (TPSA) is 68.1 Å². The van der Waals surface area contributed by atoms with E-state index < -0.39 is 0 Å². The summed E-state index contributed by atoms with van der Waals surface area (Å²) in [4.78, 5) is 13.4. The number of hydrogen-bond donors (Lipinski definition) is 1. The van der Waals surface area contributed by atoms with Gasteiger partial charge in [0, 0.05) is 24.5 Å². The maximum absolute atomic E-state index is 12.7. The minimum Gasteiger partial charge on any atom is -0.462 e. The number of fused-ring (bicyclic) bond motifs is 1. The van der Waals surface area contributed by atoms with Gasteiger partial charge in [-0.1, -0.05) is 35.5 Å². The van der Waals surface area contributed by atoms with Crippen molar-refractivity contribution >= 4 is 34.8 Å². The van der Waals surface area contributed by atoms with Crippen LogP contribution in [-0.2, 0) is 21.6 Å². The van der Waals surface area contributed by atoms with Gasteiger partial charge in [-0.25, -0.2) is 4.79 Å². The van der Waals surface area contributed by atoms with Crippen molar-refractivity contribution in [3.05, 3.63) is 51.9 Å². The quantitative estimate of drug-likeness (QED) is 0.307. The van der Waals surface area contributed by atoms with Gasteiger partial charge < -0.3 is 14.7 Å². The number of carbonyl (C=O) groups excluding carboxylic acids is 1. The van der Waals surface area contributed by atoms with Gasteiger partial charge in [0.25, 0.3) is 0 Å². The zero-order chi connectivity index (χ0) is 20.3. The highest BCUT2D eigenvalue weighted by molar-refractivity contribution is 8.00. The molecule has 154 valence electrons. The molecule has 1 spiro atoms. The fourth-order valence-corrected chi connectivity index (χ4v) is 6.72. The molecule has 2 heterocycles. The summed E-state index contributed by atoms with van der Waals surface area (Å²) in [6.07, 6.45) is 3.35. The van der Waals surface area contributed by atoms with E-state index in [9.17, 15) is 10.0 Å². The highest BCUT2D eigenvalue weighted by Gasteiger charge is 2.43. The number of carbonyl (C=O) groups is 1. The van der Waals surface area contributed by atoms with E-state index in [1.165, 1.54) is 16.9 Å². The zero-order valence-corrected chi connectivity index (χ0v) is 18.1. The van der Waals surface area contributed by atoms with Crippen LogP contribution in [-0.4, -0.2) is 36.7 Å². The number of esters is 1. The molecule has 0 amide bonds. The lowest BCUT2D eigenvalue weighted by Gasteiger charge is -2.40. The fourth-order valence-electron chi connectivity index (χ4n) is 4.21. The van der Waals surface area contributed by atoms with Gasteiger partial charge in [0.1, 0.15) is 4.88 Å². The highest BCUT2D eigenvalue weighted by Crippen LogP contribution is 2.49. The van der Waals surface area contributed by atoms with Crippen LogP contribution in [0, 0.1) is 5.41 Å². The molecule has 29 heavy (non-hydrogen) atoms. The van der Waals surface area contributed by atoms with Gasteiger partial charge in [-0.15, -0.1) is 23.1 Å². The third-order valence-electron chi connectivity index (χ3n) is 5.71. The number of thiophene rings is 1.